The highest BCUT2D eigenvalue weighted by Crippen LogP contribution is 2.06. The fourth-order valence-corrected chi connectivity index (χ4v) is 2.14. The lowest BCUT2D eigenvalue weighted by atomic mass is 10.0. The molecule has 0 heterocycles. The maximum Gasteiger partial charge on any atom is 0.408 e. The summed E-state index contributed by atoms with van der Waals surface area (Å²) in [5.41, 5.74) is 0.827. The Hall–Kier alpha value is -3.01. The number of carbonyl (C=O) groups excluding carboxylic acids is 3. The molecule has 1 aromatic rings. The first kappa shape index (κ1) is 21.0. The van der Waals surface area contributed by atoms with E-state index < -0.39 is 30.1 Å². The number of carbonyl (C=O) groups is 3. The molecule has 0 aliphatic carbocycles. The fraction of sp³-hybridized carbons (Fsp3) is 0.421. The molecule has 1 rings (SSSR count). The van der Waals surface area contributed by atoms with Gasteiger partial charge in [-0.25, -0.2) is 9.59 Å². The number of benzene rings is 1. The summed E-state index contributed by atoms with van der Waals surface area (Å²) in [6, 6.07) is 7.31. The molecule has 0 fully saturated rings. The van der Waals surface area contributed by atoms with E-state index in [2.05, 4.69) is 21.3 Å². The third kappa shape index (κ3) is 6.85. The van der Waals surface area contributed by atoms with Gasteiger partial charge in [-0.05, 0) is 11.5 Å². The Morgan fingerprint density at radius 2 is 1.81 bits per heavy atom. The summed E-state index contributed by atoms with van der Waals surface area (Å²) < 4.78 is 9.74. The molecule has 0 spiro atoms. The molecule has 0 aliphatic heterocycles. The Morgan fingerprint density at radius 3 is 2.35 bits per heavy atom. The molecule has 0 saturated carbocycles. The van der Waals surface area contributed by atoms with Crippen molar-refractivity contribution in [2.45, 2.75) is 39.0 Å². The highest BCUT2D eigenvalue weighted by atomic mass is 16.5. The summed E-state index contributed by atoms with van der Waals surface area (Å²) in [4.78, 5) is 36.1. The quantitative estimate of drug-likeness (QED) is 0.543. The molecule has 0 aromatic heterocycles. The first-order valence-corrected chi connectivity index (χ1v) is 8.17. The monoisotopic (exact) mass is 360 g/mol. The number of nitrogens with one attached hydrogen (secondary N) is 2. The van der Waals surface area contributed by atoms with Gasteiger partial charge in [0.25, 0.3) is 0 Å². The van der Waals surface area contributed by atoms with E-state index in [0.29, 0.717) is 0 Å². The second kappa shape index (κ2) is 10.8. The summed E-state index contributed by atoms with van der Waals surface area (Å²) >= 11 is 0. The molecule has 140 valence electrons. The van der Waals surface area contributed by atoms with Gasteiger partial charge in [-0.1, -0.05) is 44.2 Å². The SMILES string of the molecule is C#CC[C@@H](NC(=O)[C@@H](NC(=O)OCc1ccccc1)C(C)C)C(=O)OC. The van der Waals surface area contributed by atoms with Gasteiger partial charge in [0.2, 0.25) is 5.91 Å². The van der Waals surface area contributed by atoms with E-state index in [1.54, 1.807) is 13.8 Å². The number of terminal acetylenes is 1. The van der Waals surface area contributed by atoms with E-state index >= 15 is 0 Å². The first-order chi connectivity index (χ1) is 12.4. The smallest absolute Gasteiger partial charge is 0.408 e. The molecule has 7 nitrogen and oxygen atoms in total. The van der Waals surface area contributed by atoms with Crippen molar-refractivity contribution in [3.8, 4) is 12.3 Å². The van der Waals surface area contributed by atoms with Crippen LogP contribution in [0.15, 0.2) is 30.3 Å². The van der Waals surface area contributed by atoms with Crippen LogP contribution in [0.2, 0.25) is 0 Å². The van der Waals surface area contributed by atoms with Gasteiger partial charge in [0.1, 0.15) is 18.7 Å². The predicted octanol–water partition coefficient (Wildman–Crippen LogP) is 1.62. The zero-order chi connectivity index (χ0) is 19.5. The highest BCUT2D eigenvalue weighted by Gasteiger charge is 2.29. The van der Waals surface area contributed by atoms with Crippen LogP contribution in [-0.2, 0) is 25.7 Å². The van der Waals surface area contributed by atoms with Crippen LogP contribution in [0.4, 0.5) is 4.79 Å². The molecule has 0 saturated heterocycles. The third-order valence-corrected chi connectivity index (χ3v) is 3.56. The average Bonchev–Trinajstić information content (AvgIpc) is 2.63. The number of alkyl carbamates (subject to hydrolysis) is 1. The van der Waals surface area contributed by atoms with Crippen molar-refractivity contribution in [1.29, 1.82) is 0 Å². The highest BCUT2D eigenvalue weighted by molar-refractivity contribution is 5.89. The summed E-state index contributed by atoms with van der Waals surface area (Å²) in [6.07, 6.45) is 4.47. The van der Waals surface area contributed by atoms with Gasteiger partial charge in [-0.3, -0.25) is 4.79 Å². The summed E-state index contributed by atoms with van der Waals surface area (Å²) in [6.45, 7) is 3.60. The molecule has 0 bridgehead atoms. The molecular weight excluding hydrogens is 336 g/mol. The van der Waals surface area contributed by atoms with E-state index in [-0.39, 0.29) is 18.9 Å². The normalized spacial score (nSPS) is 12.4. The van der Waals surface area contributed by atoms with Gasteiger partial charge < -0.3 is 20.1 Å². The van der Waals surface area contributed by atoms with Crippen molar-refractivity contribution in [3.63, 3.8) is 0 Å². The van der Waals surface area contributed by atoms with Gasteiger partial charge in [0.15, 0.2) is 0 Å². The largest absolute Gasteiger partial charge is 0.467 e. The molecule has 2 amide bonds. The van der Waals surface area contributed by atoms with Crippen LogP contribution in [0, 0.1) is 18.3 Å². The zero-order valence-corrected chi connectivity index (χ0v) is 15.2. The number of ether oxygens (including phenoxy) is 2. The van der Waals surface area contributed by atoms with E-state index in [1.165, 1.54) is 7.11 Å². The van der Waals surface area contributed by atoms with Gasteiger partial charge >= 0.3 is 12.1 Å². The summed E-state index contributed by atoms with van der Waals surface area (Å²) in [5, 5.41) is 5.02. The molecule has 0 aliphatic rings. The Labute approximate surface area is 153 Å². The van der Waals surface area contributed by atoms with E-state index in [1.807, 2.05) is 30.3 Å². The Kier molecular flexibility index (Phi) is 8.71. The molecule has 7 heteroatoms. The zero-order valence-electron chi connectivity index (χ0n) is 15.2. The average molecular weight is 360 g/mol. The maximum absolute atomic E-state index is 12.4. The van der Waals surface area contributed by atoms with E-state index in [9.17, 15) is 14.4 Å². The van der Waals surface area contributed by atoms with Crippen LogP contribution in [-0.4, -0.2) is 37.2 Å². The number of methoxy groups -OCH3 is 1. The molecule has 26 heavy (non-hydrogen) atoms. The molecule has 0 unspecified atom stereocenters. The van der Waals surface area contributed by atoms with Gasteiger partial charge in [-0.2, -0.15) is 0 Å². The lowest BCUT2D eigenvalue weighted by Crippen LogP contribution is -2.53. The molecule has 2 atom stereocenters. The van der Waals surface area contributed by atoms with Crippen molar-refractivity contribution in [2.75, 3.05) is 7.11 Å². The van der Waals surface area contributed by atoms with E-state index in [4.69, 9.17) is 11.2 Å². The fourth-order valence-electron chi connectivity index (χ4n) is 2.14. The molecule has 1 aromatic carbocycles. The standard InChI is InChI=1S/C19H24N2O5/c1-5-9-15(18(23)25-4)20-17(22)16(13(2)3)21-19(24)26-12-14-10-7-6-8-11-14/h1,6-8,10-11,13,15-16H,9,12H2,2-4H3,(H,20,22)(H,21,24)/t15-,16+/m1/s1. The van der Waals surface area contributed by atoms with Crippen LogP contribution >= 0.6 is 0 Å². The number of esters is 1. The second-order valence-electron chi connectivity index (χ2n) is 5.92. The van der Waals surface area contributed by atoms with Crippen LogP contribution < -0.4 is 10.6 Å². The second-order valence-corrected chi connectivity index (χ2v) is 5.92. The number of hydrogen-bond donors (Lipinski definition) is 2. The Bertz CT molecular complexity index is 652. The number of amides is 2. The van der Waals surface area contributed by atoms with Crippen molar-refractivity contribution in [2.24, 2.45) is 5.92 Å². The van der Waals surface area contributed by atoms with E-state index in [0.717, 1.165) is 5.56 Å². The number of hydrogen-bond acceptors (Lipinski definition) is 5. The Morgan fingerprint density at radius 1 is 1.15 bits per heavy atom. The van der Waals surface area contributed by atoms with Crippen LogP contribution in [0.25, 0.3) is 0 Å². The minimum atomic E-state index is -0.971. The van der Waals surface area contributed by atoms with Crippen molar-refractivity contribution >= 4 is 18.0 Å². The molecular formula is C19H24N2O5. The molecule has 2 N–H and O–H groups in total. The van der Waals surface area contributed by atoms with Crippen LogP contribution in [0.5, 0.6) is 0 Å². The Balaban J connectivity index is 2.66. The van der Waals surface area contributed by atoms with Crippen molar-refractivity contribution in [1.82, 2.24) is 10.6 Å². The van der Waals surface area contributed by atoms with Gasteiger partial charge in [0.05, 0.1) is 7.11 Å². The molecule has 0 radical (unpaired) electrons. The minimum absolute atomic E-state index is 0.0122. The van der Waals surface area contributed by atoms with Crippen LogP contribution in [0.3, 0.4) is 0 Å². The van der Waals surface area contributed by atoms with Gasteiger partial charge in [-0.15, -0.1) is 12.3 Å². The summed E-state index contributed by atoms with van der Waals surface area (Å²) in [5.74, 6) is 0.888. The lowest BCUT2D eigenvalue weighted by molar-refractivity contribution is -0.145. The van der Waals surface area contributed by atoms with Crippen molar-refractivity contribution in [3.05, 3.63) is 35.9 Å². The topological polar surface area (TPSA) is 93.7 Å². The maximum atomic E-state index is 12.4. The summed E-state index contributed by atoms with van der Waals surface area (Å²) in [7, 11) is 1.21. The lowest BCUT2D eigenvalue weighted by Gasteiger charge is -2.23. The van der Waals surface area contributed by atoms with Gasteiger partial charge in [0, 0.05) is 6.42 Å². The minimum Gasteiger partial charge on any atom is -0.467 e. The predicted molar refractivity (Wildman–Crippen MR) is 95.8 cm³/mol. The number of rotatable bonds is 8. The third-order valence-electron chi connectivity index (χ3n) is 3.56. The van der Waals surface area contributed by atoms with Crippen LogP contribution in [0.1, 0.15) is 25.8 Å². The first-order valence-electron chi connectivity index (χ1n) is 8.17. The van der Waals surface area contributed by atoms with Crippen molar-refractivity contribution < 1.29 is 23.9 Å².